The molecule has 1 aromatic heterocycles. The smallest absolute Gasteiger partial charge is 0.223 e. The summed E-state index contributed by atoms with van der Waals surface area (Å²) in [4.78, 5) is 7.78. The molecule has 2 rings (SSSR count). The van der Waals surface area contributed by atoms with Crippen molar-refractivity contribution in [2.75, 3.05) is 0 Å². The molecule has 0 saturated heterocycles. The molecule has 0 atom stereocenters. The van der Waals surface area contributed by atoms with Crippen molar-refractivity contribution in [1.29, 1.82) is 0 Å². The average molecular weight is 304 g/mol. The van der Waals surface area contributed by atoms with E-state index in [0.29, 0.717) is 5.15 Å². The van der Waals surface area contributed by atoms with Gasteiger partial charge in [-0.25, -0.2) is 9.97 Å². The van der Waals surface area contributed by atoms with Gasteiger partial charge in [-0.15, -0.1) is 0 Å². The van der Waals surface area contributed by atoms with Crippen LogP contribution in [-0.2, 0) is 0 Å². The van der Waals surface area contributed by atoms with Gasteiger partial charge in [0, 0.05) is 16.2 Å². The minimum atomic E-state index is 0.154. The topological polar surface area (TPSA) is 25.8 Å². The van der Waals surface area contributed by atoms with Crippen molar-refractivity contribution in [3.63, 3.8) is 0 Å². The maximum Gasteiger partial charge on any atom is 0.223 e. The van der Waals surface area contributed by atoms with Crippen LogP contribution in [0.25, 0.3) is 11.1 Å². The quantitative estimate of drug-likeness (QED) is 0.582. The van der Waals surface area contributed by atoms with Crippen LogP contribution in [0.2, 0.25) is 10.4 Å². The Kier molecular flexibility index (Phi) is 3.24. The van der Waals surface area contributed by atoms with Gasteiger partial charge in [0.05, 0.1) is 0 Å². The molecule has 2 nitrogen and oxygen atoms in total. The Bertz CT molecular complexity index is 485. The van der Waals surface area contributed by atoms with E-state index in [-0.39, 0.29) is 5.28 Å². The van der Waals surface area contributed by atoms with Gasteiger partial charge in [0.1, 0.15) is 5.15 Å². The fraction of sp³-hybridized carbons (Fsp3) is 0. The lowest BCUT2D eigenvalue weighted by molar-refractivity contribution is 1.17. The molecule has 0 spiro atoms. The molecule has 0 bridgehead atoms. The monoisotopic (exact) mass is 302 g/mol. The summed E-state index contributed by atoms with van der Waals surface area (Å²) in [5.74, 6) is 0. The van der Waals surface area contributed by atoms with E-state index < -0.39 is 0 Å². The Labute approximate surface area is 105 Å². The summed E-state index contributed by atoms with van der Waals surface area (Å²) in [7, 11) is 0. The normalized spacial score (nSPS) is 10.3. The molecule has 0 saturated carbocycles. The highest BCUT2D eigenvalue weighted by molar-refractivity contribution is 9.10. The summed E-state index contributed by atoms with van der Waals surface area (Å²) in [5, 5.41) is 0.512. The van der Waals surface area contributed by atoms with Gasteiger partial charge in [-0.2, -0.15) is 0 Å². The Hall–Kier alpha value is -0.640. The SMILES string of the molecule is Clc1ncc(-c2ccc(Br)cc2)c(Cl)n1. The summed E-state index contributed by atoms with van der Waals surface area (Å²) in [6.45, 7) is 0. The Morgan fingerprint density at radius 2 is 1.73 bits per heavy atom. The maximum absolute atomic E-state index is 5.96. The van der Waals surface area contributed by atoms with Crippen molar-refractivity contribution < 1.29 is 0 Å². The fourth-order valence-electron chi connectivity index (χ4n) is 1.16. The highest BCUT2D eigenvalue weighted by Crippen LogP contribution is 2.27. The number of hydrogen-bond donors (Lipinski definition) is 0. The fourth-order valence-corrected chi connectivity index (χ4v) is 1.84. The summed E-state index contributed by atoms with van der Waals surface area (Å²) in [6, 6.07) is 7.73. The molecular weight excluding hydrogens is 299 g/mol. The molecule has 0 amide bonds. The van der Waals surface area contributed by atoms with Crippen LogP contribution < -0.4 is 0 Å². The zero-order valence-electron chi connectivity index (χ0n) is 7.42. The lowest BCUT2D eigenvalue weighted by atomic mass is 10.1. The maximum atomic E-state index is 5.96. The molecule has 0 aliphatic rings. The largest absolute Gasteiger partial charge is 0.226 e. The van der Waals surface area contributed by atoms with Crippen LogP contribution in [0.1, 0.15) is 0 Å². The minimum absolute atomic E-state index is 0.154. The van der Waals surface area contributed by atoms with Gasteiger partial charge in [0.25, 0.3) is 0 Å². The average Bonchev–Trinajstić information content (AvgIpc) is 2.20. The van der Waals surface area contributed by atoms with Gasteiger partial charge in [0.2, 0.25) is 5.28 Å². The Balaban J connectivity index is 2.49. The van der Waals surface area contributed by atoms with E-state index in [1.165, 1.54) is 0 Å². The van der Waals surface area contributed by atoms with E-state index in [1.54, 1.807) is 6.20 Å². The Morgan fingerprint density at radius 1 is 1.07 bits per heavy atom. The predicted molar refractivity (Wildman–Crippen MR) is 65.2 cm³/mol. The second-order valence-corrected chi connectivity index (χ2v) is 4.46. The standard InChI is InChI=1S/C10H5BrCl2N2/c11-7-3-1-6(2-4-7)8-5-14-10(13)15-9(8)12/h1-5H. The van der Waals surface area contributed by atoms with Crippen LogP contribution >= 0.6 is 39.1 Å². The predicted octanol–water partition coefficient (Wildman–Crippen LogP) is 4.21. The molecule has 0 aliphatic heterocycles. The highest BCUT2D eigenvalue weighted by Gasteiger charge is 2.05. The van der Waals surface area contributed by atoms with E-state index in [1.807, 2.05) is 24.3 Å². The number of aromatic nitrogens is 2. The third kappa shape index (κ3) is 2.48. The van der Waals surface area contributed by atoms with Crippen molar-refractivity contribution in [3.05, 3.63) is 45.4 Å². The lowest BCUT2D eigenvalue weighted by Gasteiger charge is -2.03. The van der Waals surface area contributed by atoms with Gasteiger partial charge in [-0.05, 0) is 29.3 Å². The number of nitrogens with zero attached hydrogens (tertiary/aromatic N) is 2. The molecular formula is C10H5BrCl2N2. The van der Waals surface area contributed by atoms with Crippen LogP contribution in [0.15, 0.2) is 34.9 Å². The van der Waals surface area contributed by atoms with Gasteiger partial charge in [0.15, 0.2) is 0 Å². The summed E-state index contributed by atoms with van der Waals surface area (Å²) < 4.78 is 1.01. The first-order chi connectivity index (χ1) is 7.16. The minimum Gasteiger partial charge on any atom is -0.226 e. The number of benzene rings is 1. The van der Waals surface area contributed by atoms with E-state index >= 15 is 0 Å². The van der Waals surface area contributed by atoms with Gasteiger partial charge in [-0.1, -0.05) is 39.7 Å². The molecule has 1 aromatic carbocycles. The summed E-state index contributed by atoms with van der Waals surface area (Å²) >= 11 is 14.9. The summed E-state index contributed by atoms with van der Waals surface area (Å²) in [5.41, 5.74) is 1.73. The zero-order valence-corrected chi connectivity index (χ0v) is 10.5. The molecule has 76 valence electrons. The molecule has 2 aromatic rings. The van der Waals surface area contributed by atoms with Crippen molar-refractivity contribution in [3.8, 4) is 11.1 Å². The molecule has 0 aliphatic carbocycles. The number of halogens is 3. The third-order valence-corrected chi connectivity index (χ3v) is 2.87. The van der Waals surface area contributed by atoms with Crippen LogP contribution in [-0.4, -0.2) is 9.97 Å². The van der Waals surface area contributed by atoms with Crippen LogP contribution in [0, 0.1) is 0 Å². The molecule has 0 N–H and O–H groups in total. The molecule has 5 heteroatoms. The van der Waals surface area contributed by atoms with E-state index in [2.05, 4.69) is 25.9 Å². The van der Waals surface area contributed by atoms with Gasteiger partial charge >= 0.3 is 0 Å². The van der Waals surface area contributed by atoms with Crippen LogP contribution in [0.3, 0.4) is 0 Å². The molecule has 0 unspecified atom stereocenters. The van der Waals surface area contributed by atoms with E-state index in [4.69, 9.17) is 23.2 Å². The van der Waals surface area contributed by atoms with Crippen molar-refractivity contribution in [2.45, 2.75) is 0 Å². The van der Waals surface area contributed by atoms with E-state index in [0.717, 1.165) is 15.6 Å². The summed E-state index contributed by atoms with van der Waals surface area (Å²) in [6.07, 6.45) is 1.61. The van der Waals surface area contributed by atoms with Gasteiger partial charge < -0.3 is 0 Å². The lowest BCUT2D eigenvalue weighted by Crippen LogP contribution is -1.87. The highest BCUT2D eigenvalue weighted by atomic mass is 79.9. The first-order valence-corrected chi connectivity index (χ1v) is 5.65. The number of rotatable bonds is 1. The second-order valence-electron chi connectivity index (χ2n) is 2.85. The van der Waals surface area contributed by atoms with Crippen molar-refractivity contribution >= 4 is 39.1 Å². The van der Waals surface area contributed by atoms with Gasteiger partial charge in [-0.3, -0.25) is 0 Å². The van der Waals surface area contributed by atoms with Crippen LogP contribution in [0.5, 0.6) is 0 Å². The van der Waals surface area contributed by atoms with Crippen LogP contribution in [0.4, 0.5) is 0 Å². The van der Waals surface area contributed by atoms with Crippen molar-refractivity contribution in [1.82, 2.24) is 9.97 Å². The number of hydrogen-bond acceptors (Lipinski definition) is 2. The molecule has 0 fully saturated rings. The molecule has 15 heavy (non-hydrogen) atoms. The molecule has 1 heterocycles. The third-order valence-electron chi connectivity index (χ3n) is 1.87. The first kappa shape index (κ1) is 10.9. The molecule has 0 radical (unpaired) electrons. The Morgan fingerprint density at radius 3 is 2.33 bits per heavy atom. The first-order valence-electron chi connectivity index (χ1n) is 4.11. The van der Waals surface area contributed by atoms with Crippen molar-refractivity contribution in [2.24, 2.45) is 0 Å². The zero-order chi connectivity index (χ0) is 10.8. The van der Waals surface area contributed by atoms with E-state index in [9.17, 15) is 0 Å². The second kappa shape index (κ2) is 4.47.